The zero-order valence-corrected chi connectivity index (χ0v) is 9.61. The van der Waals surface area contributed by atoms with Crippen molar-refractivity contribution in [1.82, 2.24) is 5.32 Å². The Morgan fingerprint density at radius 1 is 1.20 bits per heavy atom. The highest BCUT2D eigenvalue weighted by Gasteiger charge is 2.17. The second kappa shape index (κ2) is 4.06. The average Bonchev–Trinajstić information content (AvgIpc) is 2.28. The SMILES string of the molecule is COc1cc2c(cc1OC)C(=S)NCC2. The fourth-order valence-corrected chi connectivity index (χ4v) is 2.04. The predicted molar refractivity (Wildman–Crippen MR) is 63.0 cm³/mol. The molecule has 0 unspecified atom stereocenters. The number of hydrogen-bond acceptors (Lipinski definition) is 3. The van der Waals surface area contributed by atoms with Crippen LogP contribution in [0.2, 0.25) is 0 Å². The van der Waals surface area contributed by atoms with E-state index < -0.39 is 0 Å². The minimum absolute atomic E-state index is 0.724. The molecule has 0 bridgehead atoms. The minimum atomic E-state index is 0.724. The van der Waals surface area contributed by atoms with E-state index in [1.165, 1.54) is 5.56 Å². The van der Waals surface area contributed by atoms with Crippen LogP contribution in [0.5, 0.6) is 11.5 Å². The molecule has 1 aliphatic heterocycles. The highest BCUT2D eigenvalue weighted by molar-refractivity contribution is 7.80. The molecule has 80 valence electrons. The van der Waals surface area contributed by atoms with Crippen LogP contribution in [0.3, 0.4) is 0 Å². The van der Waals surface area contributed by atoms with Crippen LogP contribution in [0.15, 0.2) is 12.1 Å². The van der Waals surface area contributed by atoms with E-state index in [0.29, 0.717) is 0 Å². The Kier molecular flexibility index (Phi) is 2.77. The zero-order valence-electron chi connectivity index (χ0n) is 8.79. The minimum Gasteiger partial charge on any atom is -0.493 e. The molecule has 1 aromatic carbocycles. The highest BCUT2D eigenvalue weighted by Crippen LogP contribution is 2.31. The molecule has 0 radical (unpaired) electrons. The zero-order chi connectivity index (χ0) is 10.8. The largest absolute Gasteiger partial charge is 0.493 e. The molecule has 0 saturated heterocycles. The average molecular weight is 223 g/mol. The maximum atomic E-state index is 5.25. The van der Waals surface area contributed by atoms with Crippen molar-refractivity contribution in [3.8, 4) is 11.5 Å². The fraction of sp³-hybridized carbons (Fsp3) is 0.364. The molecule has 1 heterocycles. The van der Waals surface area contributed by atoms with Crippen LogP contribution in [-0.4, -0.2) is 25.8 Å². The lowest BCUT2D eigenvalue weighted by molar-refractivity contribution is 0.354. The van der Waals surface area contributed by atoms with E-state index in [9.17, 15) is 0 Å². The van der Waals surface area contributed by atoms with Gasteiger partial charge in [-0.15, -0.1) is 0 Å². The second-order valence-electron chi connectivity index (χ2n) is 3.37. The monoisotopic (exact) mass is 223 g/mol. The molecule has 0 spiro atoms. The lowest BCUT2D eigenvalue weighted by Gasteiger charge is -2.20. The Balaban J connectivity index is 2.53. The van der Waals surface area contributed by atoms with Crippen molar-refractivity contribution in [3.05, 3.63) is 23.3 Å². The van der Waals surface area contributed by atoms with Crippen LogP contribution in [0.1, 0.15) is 11.1 Å². The Labute approximate surface area is 94.4 Å². The van der Waals surface area contributed by atoms with Gasteiger partial charge in [0.25, 0.3) is 0 Å². The number of thiocarbonyl (C=S) groups is 1. The van der Waals surface area contributed by atoms with Gasteiger partial charge in [-0.05, 0) is 24.1 Å². The molecule has 0 atom stereocenters. The van der Waals surface area contributed by atoms with Gasteiger partial charge in [0.15, 0.2) is 11.5 Å². The fourth-order valence-electron chi connectivity index (χ4n) is 1.75. The third-order valence-electron chi connectivity index (χ3n) is 2.53. The van der Waals surface area contributed by atoms with Crippen LogP contribution in [0.25, 0.3) is 0 Å². The van der Waals surface area contributed by atoms with Crippen molar-refractivity contribution in [3.63, 3.8) is 0 Å². The normalized spacial score (nSPS) is 14.1. The number of rotatable bonds is 2. The molecule has 0 aliphatic carbocycles. The first kappa shape index (κ1) is 10.2. The topological polar surface area (TPSA) is 30.5 Å². The molecule has 0 saturated carbocycles. The van der Waals surface area contributed by atoms with Crippen molar-refractivity contribution in [2.24, 2.45) is 0 Å². The van der Waals surface area contributed by atoms with Crippen molar-refractivity contribution in [2.75, 3.05) is 20.8 Å². The van der Waals surface area contributed by atoms with Gasteiger partial charge in [0.1, 0.15) is 4.99 Å². The highest BCUT2D eigenvalue weighted by atomic mass is 32.1. The number of benzene rings is 1. The lowest BCUT2D eigenvalue weighted by Crippen LogP contribution is -2.30. The maximum absolute atomic E-state index is 5.25. The predicted octanol–water partition coefficient (Wildman–Crippen LogP) is 1.52. The van der Waals surface area contributed by atoms with Gasteiger partial charge in [-0.1, -0.05) is 12.2 Å². The van der Waals surface area contributed by atoms with E-state index in [1.807, 2.05) is 12.1 Å². The molecule has 2 rings (SSSR count). The van der Waals surface area contributed by atoms with E-state index >= 15 is 0 Å². The van der Waals surface area contributed by atoms with Crippen LogP contribution in [0.4, 0.5) is 0 Å². The van der Waals surface area contributed by atoms with E-state index in [0.717, 1.165) is 35.0 Å². The summed E-state index contributed by atoms with van der Waals surface area (Å²) in [4.78, 5) is 0.789. The number of nitrogens with one attached hydrogen (secondary N) is 1. The Morgan fingerprint density at radius 2 is 1.87 bits per heavy atom. The summed E-state index contributed by atoms with van der Waals surface area (Å²) >= 11 is 5.24. The summed E-state index contributed by atoms with van der Waals surface area (Å²) < 4.78 is 10.5. The molecule has 1 aliphatic rings. The summed E-state index contributed by atoms with van der Waals surface area (Å²) in [6.07, 6.45) is 0.968. The van der Waals surface area contributed by atoms with Gasteiger partial charge in [0, 0.05) is 12.1 Å². The number of ether oxygens (including phenoxy) is 2. The molecule has 0 aromatic heterocycles. The first-order chi connectivity index (χ1) is 7.26. The van der Waals surface area contributed by atoms with Crippen LogP contribution in [-0.2, 0) is 6.42 Å². The Morgan fingerprint density at radius 3 is 2.53 bits per heavy atom. The van der Waals surface area contributed by atoms with Crippen molar-refractivity contribution >= 4 is 17.2 Å². The molecule has 0 amide bonds. The smallest absolute Gasteiger partial charge is 0.161 e. The summed E-state index contributed by atoms with van der Waals surface area (Å²) in [5.41, 5.74) is 2.27. The third kappa shape index (κ3) is 1.77. The van der Waals surface area contributed by atoms with Gasteiger partial charge < -0.3 is 14.8 Å². The molecule has 15 heavy (non-hydrogen) atoms. The lowest BCUT2D eigenvalue weighted by atomic mass is 10.00. The third-order valence-corrected chi connectivity index (χ3v) is 2.90. The number of hydrogen-bond donors (Lipinski definition) is 1. The summed E-state index contributed by atoms with van der Waals surface area (Å²) in [5, 5.41) is 3.16. The molecule has 1 N–H and O–H groups in total. The quantitative estimate of drug-likeness (QED) is 0.770. The molecular weight excluding hydrogens is 210 g/mol. The van der Waals surface area contributed by atoms with Gasteiger partial charge in [0.2, 0.25) is 0 Å². The first-order valence-corrected chi connectivity index (χ1v) is 5.20. The molecule has 1 aromatic rings. The molecule has 4 heteroatoms. The van der Waals surface area contributed by atoms with Crippen molar-refractivity contribution in [1.29, 1.82) is 0 Å². The molecule has 3 nitrogen and oxygen atoms in total. The number of fused-ring (bicyclic) bond motifs is 1. The molecular formula is C11H13NO2S. The molecule has 0 fully saturated rings. The van der Waals surface area contributed by atoms with E-state index in [-0.39, 0.29) is 0 Å². The van der Waals surface area contributed by atoms with Crippen LogP contribution in [0, 0.1) is 0 Å². The van der Waals surface area contributed by atoms with Gasteiger partial charge in [-0.25, -0.2) is 0 Å². The van der Waals surface area contributed by atoms with Crippen molar-refractivity contribution in [2.45, 2.75) is 6.42 Å². The Hall–Kier alpha value is -1.29. The number of methoxy groups -OCH3 is 2. The van der Waals surface area contributed by atoms with E-state index in [1.54, 1.807) is 14.2 Å². The van der Waals surface area contributed by atoms with Crippen molar-refractivity contribution < 1.29 is 9.47 Å². The van der Waals surface area contributed by atoms with Gasteiger partial charge in [-0.3, -0.25) is 0 Å². The van der Waals surface area contributed by atoms with Gasteiger partial charge >= 0.3 is 0 Å². The second-order valence-corrected chi connectivity index (χ2v) is 3.78. The Bertz CT molecular complexity index is 404. The van der Waals surface area contributed by atoms with Crippen LogP contribution < -0.4 is 14.8 Å². The summed E-state index contributed by atoms with van der Waals surface area (Å²) in [7, 11) is 3.27. The van der Waals surface area contributed by atoms with E-state index in [4.69, 9.17) is 21.7 Å². The van der Waals surface area contributed by atoms with E-state index in [2.05, 4.69) is 5.32 Å². The summed E-state index contributed by atoms with van der Waals surface area (Å²) in [6.45, 7) is 0.890. The summed E-state index contributed by atoms with van der Waals surface area (Å²) in [6, 6.07) is 3.93. The van der Waals surface area contributed by atoms with Gasteiger partial charge in [-0.2, -0.15) is 0 Å². The maximum Gasteiger partial charge on any atom is 0.161 e. The van der Waals surface area contributed by atoms with Crippen LogP contribution >= 0.6 is 12.2 Å². The van der Waals surface area contributed by atoms with Gasteiger partial charge in [0.05, 0.1) is 14.2 Å². The summed E-state index contributed by atoms with van der Waals surface area (Å²) in [5.74, 6) is 1.49. The standard InChI is InChI=1S/C11H13NO2S/c1-13-9-5-7-3-4-12-11(15)8(7)6-10(9)14-2/h5-6H,3-4H2,1-2H3,(H,12,15). The first-order valence-electron chi connectivity index (χ1n) is 4.79.